The van der Waals surface area contributed by atoms with Crippen molar-refractivity contribution in [2.24, 2.45) is 0 Å². The molecule has 0 radical (unpaired) electrons. The van der Waals surface area contributed by atoms with Crippen LogP contribution >= 0.6 is 0 Å². The van der Waals surface area contributed by atoms with E-state index in [2.05, 4.69) is 15.6 Å². The van der Waals surface area contributed by atoms with Crippen LogP contribution in [0.25, 0.3) is 11.3 Å². The quantitative estimate of drug-likeness (QED) is 0.887. The molecule has 1 unspecified atom stereocenters. The Labute approximate surface area is 130 Å². The van der Waals surface area contributed by atoms with Gasteiger partial charge in [0.05, 0.1) is 5.69 Å². The third-order valence-electron chi connectivity index (χ3n) is 3.87. The molecule has 3 rings (SSSR count). The number of hydrogen-bond donors (Lipinski definition) is 2. The monoisotopic (exact) mass is 299 g/mol. The Morgan fingerprint density at radius 2 is 2.23 bits per heavy atom. The molecule has 2 aromatic rings. The summed E-state index contributed by atoms with van der Waals surface area (Å²) in [5, 5.41) is 6.27. The number of oxazole rings is 1. The van der Waals surface area contributed by atoms with Crippen molar-refractivity contribution in [2.75, 3.05) is 13.1 Å². The molecule has 1 aromatic carbocycles. The predicted octanol–water partition coefficient (Wildman–Crippen LogP) is 2.06. The second kappa shape index (κ2) is 6.75. The average Bonchev–Trinajstić information content (AvgIpc) is 3.16. The van der Waals surface area contributed by atoms with E-state index in [4.69, 9.17) is 4.42 Å². The molecule has 22 heavy (non-hydrogen) atoms. The van der Waals surface area contributed by atoms with Crippen molar-refractivity contribution in [1.29, 1.82) is 0 Å². The third-order valence-corrected chi connectivity index (χ3v) is 3.87. The average molecular weight is 299 g/mol. The highest BCUT2D eigenvalue weighted by atomic mass is 16.4. The minimum Gasteiger partial charge on any atom is -0.440 e. The Morgan fingerprint density at radius 3 is 2.95 bits per heavy atom. The maximum Gasteiger partial charge on any atom is 0.220 e. The summed E-state index contributed by atoms with van der Waals surface area (Å²) < 4.78 is 5.82. The lowest BCUT2D eigenvalue weighted by Gasteiger charge is -2.10. The lowest BCUT2D eigenvalue weighted by Crippen LogP contribution is -2.36. The Bertz CT molecular complexity index is 631. The van der Waals surface area contributed by atoms with Crippen molar-refractivity contribution in [3.8, 4) is 11.3 Å². The first kappa shape index (κ1) is 14.8. The van der Waals surface area contributed by atoms with Crippen LogP contribution in [0.1, 0.15) is 24.4 Å². The van der Waals surface area contributed by atoms with Gasteiger partial charge in [0.2, 0.25) is 5.91 Å². The van der Waals surface area contributed by atoms with Crippen molar-refractivity contribution in [2.45, 2.75) is 32.2 Å². The van der Waals surface area contributed by atoms with E-state index in [-0.39, 0.29) is 11.9 Å². The molecular weight excluding hydrogens is 278 g/mol. The van der Waals surface area contributed by atoms with E-state index in [0.717, 1.165) is 36.5 Å². The number of carbonyl (C=O) groups is 1. The highest BCUT2D eigenvalue weighted by Gasteiger charge is 2.17. The van der Waals surface area contributed by atoms with E-state index in [9.17, 15) is 4.79 Å². The molecule has 0 saturated carbocycles. The normalized spacial score (nSPS) is 17.6. The van der Waals surface area contributed by atoms with Crippen LogP contribution in [0.5, 0.6) is 0 Å². The van der Waals surface area contributed by atoms with E-state index < -0.39 is 0 Å². The number of aryl methyl sites for hydroxylation is 2. The number of nitrogens with one attached hydrogen (secondary N) is 2. The molecule has 2 N–H and O–H groups in total. The van der Waals surface area contributed by atoms with Crippen LogP contribution in [0.15, 0.2) is 34.7 Å². The molecule has 1 saturated heterocycles. The van der Waals surface area contributed by atoms with E-state index >= 15 is 0 Å². The molecule has 2 heterocycles. The van der Waals surface area contributed by atoms with E-state index in [1.165, 1.54) is 0 Å². The summed E-state index contributed by atoms with van der Waals surface area (Å²) in [4.78, 5) is 16.4. The first-order valence-electron chi connectivity index (χ1n) is 7.74. The molecule has 1 aliphatic heterocycles. The molecule has 1 atom stereocenters. The zero-order valence-corrected chi connectivity index (χ0v) is 12.8. The first-order chi connectivity index (χ1) is 10.7. The SMILES string of the molecule is Cc1nc(CCC(=O)NC2CCNC2)oc1-c1ccccc1. The standard InChI is InChI=1S/C17H21N3O2/c1-12-17(13-5-3-2-4-6-13)22-16(19-12)8-7-15(21)20-14-9-10-18-11-14/h2-6,14,18H,7-11H2,1H3,(H,20,21). The van der Waals surface area contributed by atoms with Crippen LogP contribution in [-0.2, 0) is 11.2 Å². The molecule has 5 heteroatoms. The van der Waals surface area contributed by atoms with Crippen LogP contribution in [0, 0.1) is 6.92 Å². The zero-order valence-electron chi connectivity index (χ0n) is 12.8. The molecule has 0 spiro atoms. The summed E-state index contributed by atoms with van der Waals surface area (Å²) in [5.74, 6) is 1.47. The summed E-state index contributed by atoms with van der Waals surface area (Å²) in [6.07, 6.45) is 1.94. The fourth-order valence-electron chi connectivity index (χ4n) is 2.71. The summed E-state index contributed by atoms with van der Waals surface area (Å²) in [6, 6.07) is 10.2. The molecule has 1 aromatic heterocycles. The minimum absolute atomic E-state index is 0.0609. The zero-order chi connectivity index (χ0) is 15.4. The number of aromatic nitrogens is 1. The van der Waals surface area contributed by atoms with Crippen molar-refractivity contribution in [3.05, 3.63) is 41.9 Å². The number of nitrogens with zero attached hydrogens (tertiary/aromatic N) is 1. The largest absolute Gasteiger partial charge is 0.440 e. The number of rotatable bonds is 5. The fraction of sp³-hybridized carbons (Fsp3) is 0.412. The minimum atomic E-state index is 0.0609. The van der Waals surface area contributed by atoms with Crippen molar-refractivity contribution >= 4 is 5.91 Å². The van der Waals surface area contributed by atoms with Crippen LogP contribution in [0.3, 0.4) is 0 Å². The Kier molecular flexibility index (Phi) is 4.53. The van der Waals surface area contributed by atoms with Gasteiger partial charge in [-0.1, -0.05) is 30.3 Å². The first-order valence-corrected chi connectivity index (χ1v) is 7.74. The van der Waals surface area contributed by atoms with Gasteiger partial charge in [-0.3, -0.25) is 4.79 Å². The van der Waals surface area contributed by atoms with Crippen molar-refractivity contribution < 1.29 is 9.21 Å². The lowest BCUT2D eigenvalue weighted by atomic mass is 10.1. The smallest absolute Gasteiger partial charge is 0.220 e. The molecule has 0 aliphatic carbocycles. The van der Waals surface area contributed by atoms with Gasteiger partial charge < -0.3 is 15.1 Å². The Hall–Kier alpha value is -2.14. The molecule has 116 valence electrons. The number of benzene rings is 1. The Balaban J connectivity index is 1.58. The van der Waals surface area contributed by atoms with Gasteiger partial charge in [-0.2, -0.15) is 0 Å². The summed E-state index contributed by atoms with van der Waals surface area (Å²) in [5.41, 5.74) is 1.88. The number of amides is 1. The molecule has 5 nitrogen and oxygen atoms in total. The summed E-state index contributed by atoms with van der Waals surface area (Å²) in [7, 11) is 0. The van der Waals surface area contributed by atoms with Gasteiger partial charge in [0, 0.05) is 31.0 Å². The van der Waals surface area contributed by atoms with Crippen LogP contribution in [0.4, 0.5) is 0 Å². The molecule has 1 aliphatic rings. The summed E-state index contributed by atoms with van der Waals surface area (Å²) >= 11 is 0. The molecule has 0 bridgehead atoms. The molecule has 1 amide bonds. The maximum absolute atomic E-state index is 11.9. The van der Waals surface area contributed by atoms with Gasteiger partial charge in [0.15, 0.2) is 11.7 Å². The number of carbonyl (C=O) groups excluding carboxylic acids is 1. The van der Waals surface area contributed by atoms with Gasteiger partial charge in [-0.05, 0) is 19.9 Å². The molecule has 1 fully saturated rings. The van der Waals surface area contributed by atoms with Crippen molar-refractivity contribution in [1.82, 2.24) is 15.6 Å². The second-order valence-corrected chi connectivity index (χ2v) is 5.65. The van der Waals surface area contributed by atoms with Gasteiger partial charge in [-0.25, -0.2) is 4.98 Å². The molecular formula is C17H21N3O2. The van der Waals surface area contributed by atoms with Gasteiger partial charge in [0.25, 0.3) is 0 Å². The van der Waals surface area contributed by atoms with E-state index in [0.29, 0.717) is 18.7 Å². The predicted molar refractivity (Wildman–Crippen MR) is 84.4 cm³/mol. The lowest BCUT2D eigenvalue weighted by molar-refractivity contribution is -0.121. The van der Waals surface area contributed by atoms with Gasteiger partial charge in [-0.15, -0.1) is 0 Å². The summed E-state index contributed by atoms with van der Waals surface area (Å²) in [6.45, 7) is 3.77. The Morgan fingerprint density at radius 1 is 1.41 bits per heavy atom. The second-order valence-electron chi connectivity index (χ2n) is 5.65. The highest BCUT2D eigenvalue weighted by molar-refractivity contribution is 5.76. The third kappa shape index (κ3) is 3.54. The van der Waals surface area contributed by atoms with Crippen LogP contribution < -0.4 is 10.6 Å². The van der Waals surface area contributed by atoms with E-state index in [1.807, 2.05) is 37.3 Å². The maximum atomic E-state index is 11.9. The van der Waals surface area contributed by atoms with Crippen LogP contribution in [0.2, 0.25) is 0 Å². The van der Waals surface area contributed by atoms with Gasteiger partial charge in [0.1, 0.15) is 0 Å². The fourth-order valence-corrected chi connectivity index (χ4v) is 2.71. The topological polar surface area (TPSA) is 67.2 Å². The number of hydrogen-bond acceptors (Lipinski definition) is 4. The van der Waals surface area contributed by atoms with Crippen LogP contribution in [-0.4, -0.2) is 30.0 Å². The van der Waals surface area contributed by atoms with E-state index in [1.54, 1.807) is 0 Å². The van der Waals surface area contributed by atoms with Gasteiger partial charge >= 0.3 is 0 Å². The highest BCUT2D eigenvalue weighted by Crippen LogP contribution is 2.24. The van der Waals surface area contributed by atoms with Crippen molar-refractivity contribution in [3.63, 3.8) is 0 Å².